The van der Waals surface area contributed by atoms with Gasteiger partial charge in [-0.05, 0) is 64.3 Å². The van der Waals surface area contributed by atoms with E-state index >= 15 is 0 Å². The molecule has 248 valence electrons. The van der Waals surface area contributed by atoms with Crippen molar-refractivity contribution in [3.63, 3.8) is 0 Å². The number of rotatable bonds is 15. The predicted molar refractivity (Wildman–Crippen MR) is 164 cm³/mol. The third-order valence-electron chi connectivity index (χ3n) is 7.25. The number of nitrogens with one attached hydrogen (secondary N) is 1. The summed E-state index contributed by atoms with van der Waals surface area (Å²) in [5.74, 6) is -0.146. The van der Waals surface area contributed by atoms with Crippen molar-refractivity contribution < 1.29 is 41.7 Å². The van der Waals surface area contributed by atoms with Gasteiger partial charge in [-0.15, -0.1) is 0 Å². The van der Waals surface area contributed by atoms with Crippen molar-refractivity contribution in [2.24, 2.45) is 0 Å². The van der Waals surface area contributed by atoms with E-state index in [0.717, 1.165) is 38.0 Å². The molecule has 44 heavy (non-hydrogen) atoms. The van der Waals surface area contributed by atoms with E-state index in [2.05, 4.69) is 9.62 Å². The number of hydrogen-bond acceptors (Lipinski definition) is 10. The van der Waals surface area contributed by atoms with Crippen molar-refractivity contribution in [1.82, 2.24) is 19.4 Å². The highest BCUT2D eigenvalue weighted by atomic mass is 32.2. The van der Waals surface area contributed by atoms with Gasteiger partial charge in [-0.3, -0.25) is 9.69 Å². The summed E-state index contributed by atoms with van der Waals surface area (Å²) in [6.07, 6.45) is 1.10. The zero-order valence-corrected chi connectivity index (χ0v) is 27.4. The molecule has 1 aromatic rings. The molecule has 2 fully saturated rings. The molecule has 2 aliphatic rings. The first-order valence-corrected chi connectivity index (χ1v) is 16.9. The van der Waals surface area contributed by atoms with Crippen molar-refractivity contribution in [2.45, 2.75) is 71.1 Å². The molecule has 0 aliphatic carbocycles. The third kappa shape index (κ3) is 11.8. The largest absolute Gasteiger partial charge is 0.490 e. The minimum Gasteiger partial charge on any atom is -0.490 e. The fourth-order valence-electron chi connectivity index (χ4n) is 4.88. The predicted octanol–water partition coefficient (Wildman–Crippen LogP) is 2.63. The lowest BCUT2D eigenvalue weighted by Crippen LogP contribution is -2.50. The minimum atomic E-state index is -3.62. The van der Waals surface area contributed by atoms with Crippen LogP contribution in [-0.2, 0) is 35.4 Å². The van der Waals surface area contributed by atoms with Gasteiger partial charge in [-0.1, -0.05) is 25.5 Å². The molecular weight excluding hydrogens is 592 g/mol. The molecule has 0 spiro atoms. The summed E-state index contributed by atoms with van der Waals surface area (Å²) >= 11 is 0. The van der Waals surface area contributed by atoms with Gasteiger partial charge < -0.3 is 28.7 Å². The van der Waals surface area contributed by atoms with Crippen LogP contribution < -0.4 is 9.46 Å². The van der Waals surface area contributed by atoms with Crippen LogP contribution in [0.25, 0.3) is 0 Å². The number of methoxy groups -OCH3 is 1. The van der Waals surface area contributed by atoms with Crippen LogP contribution in [0.5, 0.6) is 5.75 Å². The highest BCUT2D eigenvalue weighted by Crippen LogP contribution is 2.18. The van der Waals surface area contributed by atoms with E-state index in [1.807, 2.05) is 27.7 Å². The van der Waals surface area contributed by atoms with Crippen LogP contribution >= 0.6 is 0 Å². The Balaban J connectivity index is 1.38. The second kappa shape index (κ2) is 16.3. The summed E-state index contributed by atoms with van der Waals surface area (Å²) in [5.41, 5.74) is 0.221. The first-order valence-electron chi connectivity index (χ1n) is 15.2. The van der Waals surface area contributed by atoms with Crippen molar-refractivity contribution in [3.05, 3.63) is 29.8 Å². The van der Waals surface area contributed by atoms with Crippen LogP contribution in [0.4, 0.5) is 9.59 Å². The van der Waals surface area contributed by atoms with Gasteiger partial charge in [0.05, 0.1) is 19.4 Å². The Bertz CT molecular complexity index is 1200. The number of piperazine rings is 1. The van der Waals surface area contributed by atoms with Crippen LogP contribution in [0.3, 0.4) is 0 Å². The summed E-state index contributed by atoms with van der Waals surface area (Å²) < 4.78 is 48.7. The van der Waals surface area contributed by atoms with Crippen molar-refractivity contribution in [1.29, 1.82) is 0 Å². The molecule has 13 nitrogen and oxygen atoms in total. The van der Waals surface area contributed by atoms with E-state index < -0.39 is 33.7 Å². The first kappa shape index (κ1) is 35.4. The van der Waals surface area contributed by atoms with Gasteiger partial charge in [-0.25, -0.2) is 22.7 Å². The molecule has 0 saturated carbocycles. The minimum absolute atomic E-state index is 0.0539. The average molecular weight is 641 g/mol. The number of hydrogen-bond donors (Lipinski definition) is 1. The number of cyclic esters (lactones) is 1. The van der Waals surface area contributed by atoms with Crippen molar-refractivity contribution in [3.8, 4) is 5.75 Å². The van der Waals surface area contributed by atoms with E-state index in [0.29, 0.717) is 38.3 Å². The van der Waals surface area contributed by atoms with Crippen LogP contribution in [0.15, 0.2) is 24.3 Å². The number of sulfonamides is 1. The highest BCUT2D eigenvalue weighted by Gasteiger charge is 2.32. The summed E-state index contributed by atoms with van der Waals surface area (Å²) in [6, 6.07) is 5.94. The standard InChI is InChI=1S/C30H48N4O9S/c1-6-7-19-44(38,39)31-26(27(35)40-5)20-23-9-11-24(12-10-23)41-22-25-21-34(28(36)42-25)14-8-13-32-15-17-33(18-16-32)29(37)43-30(2,3)4/h9-12,25-26,31H,6-8,13-22H2,1-5H3. The molecule has 2 heterocycles. The summed E-state index contributed by atoms with van der Waals surface area (Å²) in [5, 5.41) is 0. The number of ether oxygens (including phenoxy) is 4. The van der Waals surface area contributed by atoms with Gasteiger partial charge in [0.1, 0.15) is 24.0 Å². The Morgan fingerprint density at radius 3 is 2.36 bits per heavy atom. The van der Waals surface area contributed by atoms with Crippen LogP contribution in [0.2, 0.25) is 0 Å². The summed E-state index contributed by atoms with van der Waals surface area (Å²) in [6.45, 7) is 12.2. The van der Waals surface area contributed by atoms with Crippen molar-refractivity contribution in [2.75, 3.05) is 65.3 Å². The molecule has 14 heteroatoms. The number of unbranched alkanes of at least 4 members (excludes halogenated alkanes) is 1. The van der Waals surface area contributed by atoms with E-state index in [9.17, 15) is 22.8 Å². The maximum atomic E-state index is 12.4. The lowest BCUT2D eigenvalue weighted by Gasteiger charge is -2.35. The molecule has 2 aliphatic heterocycles. The Hall–Kier alpha value is -3.10. The summed E-state index contributed by atoms with van der Waals surface area (Å²) in [4.78, 5) is 42.6. The van der Waals surface area contributed by atoms with E-state index in [1.165, 1.54) is 7.11 Å². The van der Waals surface area contributed by atoms with Gasteiger partial charge in [0.25, 0.3) is 0 Å². The smallest absolute Gasteiger partial charge is 0.410 e. The Kier molecular flexibility index (Phi) is 13.1. The molecule has 0 aromatic heterocycles. The van der Waals surface area contributed by atoms with Gasteiger partial charge in [0, 0.05) is 32.7 Å². The number of amides is 2. The molecule has 3 rings (SSSR count). The number of carbonyl (C=O) groups is 3. The topological polar surface area (TPSA) is 144 Å². The fraction of sp³-hybridized carbons (Fsp3) is 0.700. The zero-order chi connectivity index (χ0) is 32.3. The van der Waals surface area contributed by atoms with E-state index in [1.54, 1.807) is 34.1 Å². The van der Waals surface area contributed by atoms with Gasteiger partial charge in [0.15, 0.2) is 6.10 Å². The normalized spacial score (nSPS) is 18.6. The molecule has 1 aromatic carbocycles. The van der Waals surface area contributed by atoms with Crippen molar-refractivity contribution >= 4 is 28.2 Å². The first-order chi connectivity index (χ1) is 20.8. The molecule has 1 N–H and O–H groups in total. The van der Waals surface area contributed by atoms with Crippen LogP contribution in [0, 0.1) is 0 Å². The Morgan fingerprint density at radius 1 is 1.07 bits per heavy atom. The van der Waals surface area contributed by atoms with Crippen LogP contribution in [-0.4, -0.2) is 124 Å². The van der Waals surface area contributed by atoms with Gasteiger partial charge >= 0.3 is 18.2 Å². The van der Waals surface area contributed by atoms with E-state index in [4.69, 9.17) is 18.9 Å². The Morgan fingerprint density at radius 2 is 1.75 bits per heavy atom. The molecular formula is C30H48N4O9S. The number of benzene rings is 1. The zero-order valence-electron chi connectivity index (χ0n) is 26.6. The molecule has 0 radical (unpaired) electrons. The SMILES string of the molecule is CCCCS(=O)(=O)NC(Cc1ccc(OCC2CN(CCCN3CCN(C(=O)OC(C)(C)C)CC3)C(=O)O2)cc1)C(=O)OC. The molecule has 2 atom stereocenters. The second-order valence-electron chi connectivity index (χ2n) is 12.1. The molecule has 2 saturated heterocycles. The van der Waals surface area contributed by atoms with E-state index in [-0.39, 0.29) is 31.0 Å². The van der Waals surface area contributed by atoms with Crippen LogP contribution in [0.1, 0.15) is 52.5 Å². The maximum Gasteiger partial charge on any atom is 0.410 e. The molecule has 0 bridgehead atoms. The fourth-order valence-corrected chi connectivity index (χ4v) is 6.28. The molecule has 2 amide bonds. The quantitative estimate of drug-likeness (QED) is 0.224. The number of esters is 1. The molecule has 2 unspecified atom stereocenters. The van der Waals surface area contributed by atoms with Gasteiger partial charge in [-0.2, -0.15) is 0 Å². The lowest BCUT2D eigenvalue weighted by atomic mass is 10.1. The maximum absolute atomic E-state index is 12.4. The number of carbonyl (C=O) groups excluding carboxylic acids is 3. The highest BCUT2D eigenvalue weighted by molar-refractivity contribution is 7.89. The average Bonchev–Trinajstić information content (AvgIpc) is 3.33. The second-order valence-corrected chi connectivity index (χ2v) is 14.0. The lowest BCUT2D eigenvalue weighted by molar-refractivity contribution is -0.142. The third-order valence-corrected chi connectivity index (χ3v) is 8.72. The van der Waals surface area contributed by atoms with Gasteiger partial charge in [0.2, 0.25) is 10.0 Å². The summed E-state index contributed by atoms with van der Waals surface area (Å²) in [7, 11) is -2.39. The Labute approximate surface area is 261 Å². The monoisotopic (exact) mass is 640 g/mol. The number of nitrogens with zero attached hydrogens (tertiary/aromatic N) is 3.